The first-order valence-corrected chi connectivity index (χ1v) is 11.7. The predicted octanol–water partition coefficient (Wildman–Crippen LogP) is 3.55. The first-order chi connectivity index (χ1) is 15.8. The number of nitrogens with zero attached hydrogens (tertiary/aromatic N) is 1. The van der Waals surface area contributed by atoms with Crippen LogP contribution in [0.25, 0.3) is 6.08 Å². The summed E-state index contributed by atoms with van der Waals surface area (Å²) >= 11 is 0. The fourth-order valence-electron chi connectivity index (χ4n) is 3.73. The fraction of sp³-hybridized carbons (Fsp3) is 0.577. The number of benzene rings is 1. The molecule has 2 atom stereocenters. The molecule has 3 N–H and O–H groups in total. The summed E-state index contributed by atoms with van der Waals surface area (Å²) in [5.41, 5.74) is 0.164. The Morgan fingerprint density at radius 3 is 2.32 bits per heavy atom. The van der Waals surface area contributed by atoms with E-state index in [0.717, 1.165) is 24.8 Å². The van der Waals surface area contributed by atoms with E-state index in [1.807, 2.05) is 39.0 Å². The van der Waals surface area contributed by atoms with E-state index >= 15 is 0 Å². The Labute approximate surface area is 202 Å². The molecule has 34 heavy (non-hydrogen) atoms. The predicted molar refractivity (Wildman–Crippen MR) is 132 cm³/mol. The zero-order chi connectivity index (χ0) is 25.7. The minimum atomic E-state index is -1.25. The molecule has 2 unspecified atom stereocenters. The number of amides is 3. The highest BCUT2D eigenvalue weighted by Crippen LogP contribution is 2.34. The lowest BCUT2D eigenvalue weighted by atomic mass is 9.87. The second-order valence-electron chi connectivity index (χ2n) is 10.7. The SMILES string of the molecule is C=Cc1cccc(C(C(=O)NC(C)(C)C)N(C(=O)C(CO)NC(=O)OC(C)(C)C)C2CCC2)c1. The van der Waals surface area contributed by atoms with Crippen LogP contribution < -0.4 is 10.6 Å². The maximum absolute atomic E-state index is 13.7. The molecule has 3 amide bonds. The minimum Gasteiger partial charge on any atom is -0.444 e. The lowest BCUT2D eigenvalue weighted by Gasteiger charge is -2.44. The van der Waals surface area contributed by atoms with Crippen LogP contribution in [0.4, 0.5) is 4.79 Å². The van der Waals surface area contributed by atoms with Gasteiger partial charge in [-0.05, 0) is 78.0 Å². The van der Waals surface area contributed by atoms with E-state index in [4.69, 9.17) is 4.74 Å². The molecule has 1 saturated carbocycles. The molecule has 188 valence electrons. The van der Waals surface area contributed by atoms with Crippen molar-refractivity contribution >= 4 is 24.0 Å². The summed E-state index contributed by atoms with van der Waals surface area (Å²) in [5.74, 6) is -0.862. The number of hydrogen-bond acceptors (Lipinski definition) is 5. The van der Waals surface area contributed by atoms with Gasteiger partial charge in [0.05, 0.1) is 6.61 Å². The van der Waals surface area contributed by atoms with Crippen molar-refractivity contribution in [2.75, 3.05) is 6.61 Å². The van der Waals surface area contributed by atoms with Gasteiger partial charge in [0.2, 0.25) is 11.8 Å². The van der Waals surface area contributed by atoms with Crippen LogP contribution in [0.5, 0.6) is 0 Å². The van der Waals surface area contributed by atoms with Crippen LogP contribution in [0.15, 0.2) is 30.8 Å². The number of carbonyl (C=O) groups excluding carboxylic acids is 3. The molecule has 0 radical (unpaired) electrons. The van der Waals surface area contributed by atoms with Gasteiger partial charge in [0, 0.05) is 11.6 Å². The molecule has 2 rings (SSSR count). The Hall–Kier alpha value is -2.87. The Balaban J connectivity index is 2.48. The van der Waals surface area contributed by atoms with Gasteiger partial charge in [-0.25, -0.2) is 4.79 Å². The molecule has 0 aromatic heterocycles. The molecular weight excluding hydrogens is 434 g/mol. The van der Waals surface area contributed by atoms with E-state index in [9.17, 15) is 19.5 Å². The average molecular weight is 474 g/mol. The Morgan fingerprint density at radius 1 is 1.21 bits per heavy atom. The van der Waals surface area contributed by atoms with Crippen molar-refractivity contribution in [1.29, 1.82) is 0 Å². The van der Waals surface area contributed by atoms with E-state index in [1.54, 1.807) is 32.9 Å². The number of ether oxygens (including phenoxy) is 1. The summed E-state index contributed by atoms with van der Waals surface area (Å²) in [7, 11) is 0. The normalized spacial score (nSPS) is 16.0. The van der Waals surface area contributed by atoms with E-state index in [-0.39, 0.29) is 11.9 Å². The smallest absolute Gasteiger partial charge is 0.408 e. The third-order valence-corrected chi connectivity index (χ3v) is 5.38. The van der Waals surface area contributed by atoms with Crippen molar-refractivity contribution in [2.45, 2.75) is 90.1 Å². The zero-order valence-electron chi connectivity index (χ0n) is 21.2. The van der Waals surface area contributed by atoms with Gasteiger partial charge in [0.15, 0.2) is 0 Å². The summed E-state index contributed by atoms with van der Waals surface area (Å²) in [6, 6.07) is 4.93. The average Bonchev–Trinajstić information content (AvgIpc) is 2.67. The standard InChI is InChI=1S/C26H39N3O5/c1-8-17-11-9-12-18(15-17)21(22(31)28-25(2,3)4)29(19-13-10-14-19)23(32)20(16-30)27-24(33)34-26(5,6)7/h8-9,11-12,15,19-21,30H,1,10,13-14,16H2,2-7H3,(H,27,33)(H,28,31). The highest BCUT2D eigenvalue weighted by atomic mass is 16.6. The van der Waals surface area contributed by atoms with Crippen LogP contribution in [-0.4, -0.2) is 57.7 Å². The van der Waals surface area contributed by atoms with Gasteiger partial charge in [-0.3, -0.25) is 9.59 Å². The second-order valence-corrected chi connectivity index (χ2v) is 10.7. The highest BCUT2D eigenvalue weighted by molar-refractivity contribution is 5.92. The first-order valence-electron chi connectivity index (χ1n) is 11.7. The van der Waals surface area contributed by atoms with Crippen molar-refractivity contribution in [2.24, 2.45) is 0 Å². The lowest BCUT2D eigenvalue weighted by Crippen LogP contribution is -2.59. The Bertz CT molecular complexity index is 896. The zero-order valence-corrected chi connectivity index (χ0v) is 21.2. The van der Waals surface area contributed by atoms with Crippen molar-refractivity contribution in [3.63, 3.8) is 0 Å². The van der Waals surface area contributed by atoms with Gasteiger partial charge in [-0.2, -0.15) is 0 Å². The Morgan fingerprint density at radius 2 is 1.85 bits per heavy atom. The molecule has 0 aliphatic heterocycles. The lowest BCUT2D eigenvalue weighted by molar-refractivity contribution is -0.148. The molecule has 1 aromatic carbocycles. The van der Waals surface area contributed by atoms with Crippen LogP contribution in [-0.2, 0) is 14.3 Å². The van der Waals surface area contributed by atoms with Crippen LogP contribution in [0.3, 0.4) is 0 Å². The third-order valence-electron chi connectivity index (χ3n) is 5.38. The van der Waals surface area contributed by atoms with E-state index in [1.165, 1.54) is 4.90 Å². The fourth-order valence-corrected chi connectivity index (χ4v) is 3.73. The first kappa shape index (κ1) is 27.4. The highest BCUT2D eigenvalue weighted by Gasteiger charge is 2.42. The number of alkyl carbamates (subject to hydrolysis) is 1. The topological polar surface area (TPSA) is 108 Å². The van der Waals surface area contributed by atoms with Gasteiger partial charge >= 0.3 is 6.09 Å². The molecule has 0 spiro atoms. The van der Waals surface area contributed by atoms with Crippen LogP contribution in [0.1, 0.15) is 78.0 Å². The maximum atomic E-state index is 13.7. The van der Waals surface area contributed by atoms with Crippen molar-refractivity contribution in [3.05, 3.63) is 42.0 Å². The third kappa shape index (κ3) is 7.58. The number of nitrogens with one attached hydrogen (secondary N) is 2. The van der Waals surface area contributed by atoms with Gasteiger partial charge in [0.25, 0.3) is 0 Å². The van der Waals surface area contributed by atoms with Gasteiger partial charge in [-0.15, -0.1) is 0 Å². The van der Waals surface area contributed by atoms with Crippen molar-refractivity contribution in [3.8, 4) is 0 Å². The molecule has 0 bridgehead atoms. The van der Waals surface area contributed by atoms with Gasteiger partial charge < -0.3 is 25.4 Å². The van der Waals surface area contributed by atoms with E-state index in [0.29, 0.717) is 5.56 Å². The summed E-state index contributed by atoms with van der Waals surface area (Å²) < 4.78 is 5.27. The summed E-state index contributed by atoms with van der Waals surface area (Å²) in [6.45, 7) is 13.9. The summed E-state index contributed by atoms with van der Waals surface area (Å²) in [6.07, 6.45) is 3.27. The molecule has 1 aromatic rings. The van der Waals surface area contributed by atoms with E-state index in [2.05, 4.69) is 17.2 Å². The van der Waals surface area contributed by atoms with Crippen molar-refractivity contribution in [1.82, 2.24) is 15.5 Å². The summed E-state index contributed by atoms with van der Waals surface area (Å²) in [4.78, 5) is 41.2. The van der Waals surface area contributed by atoms with Crippen LogP contribution in [0.2, 0.25) is 0 Å². The minimum absolute atomic E-state index is 0.190. The van der Waals surface area contributed by atoms with Crippen molar-refractivity contribution < 1.29 is 24.2 Å². The van der Waals surface area contributed by atoms with Gasteiger partial charge in [-0.1, -0.05) is 30.9 Å². The van der Waals surface area contributed by atoms with Crippen LogP contribution in [0, 0.1) is 0 Å². The van der Waals surface area contributed by atoms with Gasteiger partial charge in [0.1, 0.15) is 17.7 Å². The molecule has 8 nitrogen and oxygen atoms in total. The number of carbonyl (C=O) groups is 3. The molecular formula is C26H39N3O5. The number of hydrogen-bond donors (Lipinski definition) is 3. The molecule has 0 saturated heterocycles. The van der Waals surface area contributed by atoms with Crippen LogP contribution >= 0.6 is 0 Å². The molecule has 1 aliphatic carbocycles. The largest absolute Gasteiger partial charge is 0.444 e. The summed E-state index contributed by atoms with van der Waals surface area (Å²) in [5, 5.41) is 15.5. The molecule has 1 aliphatic rings. The monoisotopic (exact) mass is 473 g/mol. The molecule has 0 heterocycles. The maximum Gasteiger partial charge on any atom is 0.408 e. The molecule has 1 fully saturated rings. The quantitative estimate of drug-likeness (QED) is 0.535. The Kier molecular flexibility index (Phi) is 8.89. The second kappa shape index (κ2) is 11.0. The number of aliphatic hydroxyl groups is 1. The number of aliphatic hydroxyl groups excluding tert-OH is 1. The van der Waals surface area contributed by atoms with E-state index < -0.39 is 41.8 Å². The number of rotatable bonds is 8. The molecule has 8 heteroatoms.